The Balaban J connectivity index is 1.44. The van der Waals surface area contributed by atoms with Crippen LogP contribution in [-0.4, -0.2) is 31.4 Å². The zero-order valence-corrected chi connectivity index (χ0v) is 18.6. The molecule has 7 nitrogen and oxygen atoms in total. The fraction of sp³-hybridized carbons (Fsp3) is 0.261. The fourth-order valence-electron chi connectivity index (χ4n) is 4.14. The fourth-order valence-corrected chi connectivity index (χ4v) is 4.29. The Morgan fingerprint density at radius 1 is 1.12 bits per heavy atom. The summed E-state index contributed by atoms with van der Waals surface area (Å²) in [6, 6.07) is 9.63. The van der Waals surface area contributed by atoms with E-state index in [1.165, 1.54) is 6.07 Å². The average Bonchev–Trinajstić information content (AvgIpc) is 3.36. The summed E-state index contributed by atoms with van der Waals surface area (Å²) in [5.74, 6) is -0.0836. The van der Waals surface area contributed by atoms with Gasteiger partial charge < -0.3 is 14.6 Å². The van der Waals surface area contributed by atoms with Gasteiger partial charge in [-0.05, 0) is 42.7 Å². The van der Waals surface area contributed by atoms with Crippen molar-refractivity contribution >= 4 is 23.2 Å². The van der Waals surface area contributed by atoms with E-state index in [4.69, 9.17) is 21.3 Å². The number of hydrogen-bond acceptors (Lipinski definition) is 5. The summed E-state index contributed by atoms with van der Waals surface area (Å²) < 4.78 is 36.5. The van der Waals surface area contributed by atoms with Crippen LogP contribution < -0.4 is 10.1 Å². The SMILES string of the molecule is COc1cc(Nc2nc3n(n2)CCCC[C@H]3c2ccc(F)c(F)c2)ccc1-n1cnc(Cl)c1. The number of rotatable bonds is 5. The number of imidazole rings is 1. The highest BCUT2D eigenvalue weighted by Crippen LogP contribution is 2.34. The molecule has 1 atom stereocenters. The lowest BCUT2D eigenvalue weighted by atomic mass is 9.93. The normalized spacial score (nSPS) is 15.7. The van der Waals surface area contributed by atoms with E-state index in [0.29, 0.717) is 29.0 Å². The largest absolute Gasteiger partial charge is 0.494 e. The zero-order valence-electron chi connectivity index (χ0n) is 17.8. The number of aromatic nitrogens is 5. The Morgan fingerprint density at radius 2 is 2.00 bits per heavy atom. The number of hydrogen-bond donors (Lipinski definition) is 1. The molecule has 0 bridgehead atoms. The minimum Gasteiger partial charge on any atom is -0.494 e. The first kappa shape index (κ1) is 21.4. The van der Waals surface area contributed by atoms with Crippen LogP contribution in [0, 0.1) is 11.6 Å². The van der Waals surface area contributed by atoms with E-state index in [0.717, 1.165) is 42.5 Å². The zero-order chi connectivity index (χ0) is 22.9. The number of fused-ring (bicyclic) bond motifs is 1. The van der Waals surface area contributed by atoms with Crippen molar-refractivity contribution < 1.29 is 13.5 Å². The molecular formula is C23H21ClF2N6O. The number of nitrogens with one attached hydrogen (secondary N) is 1. The Bertz CT molecular complexity index is 1300. The minimum atomic E-state index is -0.855. The molecule has 10 heteroatoms. The van der Waals surface area contributed by atoms with E-state index < -0.39 is 11.6 Å². The topological polar surface area (TPSA) is 69.8 Å². The van der Waals surface area contributed by atoms with Gasteiger partial charge in [0.2, 0.25) is 5.95 Å². The second-order valence-electron chi connectivity index (χ2n) is 7.85. The minimum absolute atomic E-state index is 0.159. The lowest BCUT2D eigenvalue weighted by molar-refractivity contribution is 0.413. The third-order valence-electron chi connectivity index (χ3n) is 5.74. The van der Waals surface area contributed by atoms with Gasteiger partial charge in [-0.25, -0.2) is 18.4 Å². The lowest BCUT2D eigenvalue weighted by Gasteiger charge is -2.14. The Labute approximate surface area is 194 Å². The van der Waals surface area contributed by atoms with E-state index in [1.54, 1.807) is 30.3 Å². The van der Waals surface area contributed by atoms with Gasteiger partial charge in [-0.3, -0.25) is 0 Å². The second kappa shape index (κ2) is 8.82. The van der Waals surface area contributed by atoms with Gasteiger partial charge in [-0.1, -0.05) is 24.1 Å². The van der Waals surface area contributed by atoms with Gasteiger partial charge in [0.05, 0.1) is 12.8 Å². The van der Waals surface area contributed by atoms with Crippen molar-refractivity contribution in [1.82, 2.24) is 24.3 Å². The highest BCUT2D eigenvalue weighted by Gasteiger charge is 2.25. The number of aryl methyl sites for hydroxylation is 1. The molecule has 0 fully saturated rings. The summed E-state index contributed by atoms with van der Waals surface area (Å²) in [5, 5.41) is 8.23. The van der Waals surface area contributed by atoms with Crippen LogP contribution >= 0.6 is 11.6 Å². The van der Waals surface area contributed by atoms with Crippen LogP contribution in [0.25, 0.3) is 5.69 Å². The maximum Gasteiger partial charge on any atom is 0.246 e. The first-order valence-electron chi connectivity index (χ1n) is 10.6. The maximum atomic E-state index is 13.9. The van der Waals surface area contributed by atoms with Gasteiger partial charge in [0.25, 0.3) is 0 Å². The molecule has 0 aliphatic carbocycles. The number of nitrogens with zero attached hydrogens (tertiary/aromatic N) is 5. The Morgan fingerprint density at radius 3 is 2.76 bits per heavy atom. The standard InChI is InChI=1S/C23H21ClF2N6O/c1-33-20-11-15(6-8-19(20)31-12-21(24)27-13-31)28-23-29-22-16(4-2-3-9-32(22)30-23)14-5-7-17(25)18(26)10-14/h5-8,10-13,16H,2-4,9H2,1H3,(H,28,30)/t16-/m0/s1. The van der Waals surface area contributed by atoms with Gasteiger partial charge in [0.1, 0.15) is 23.1 Å². The molecule has 0 unspecified atom stereocenters. The number of ether oxygens (including phenoxy) is 1. The van der Waals surface area contributed by atoms with Crippen LogP contribution in [0.4, 0.5) is 20.4 Å². The van der Waals surface area contributed by atoms with Gasteiger partial charge in [-0.2, -0.15) is 4.98 Å². The molecule has 0 saturated heterocycles. The van der Waals surface area contributed by atoms with Crippen LogP contribution in [0.2, 0.25) is 5.15 Å². The molecule has 0 spiro atoms. The molecule has 0 saturated carbocycles. The first-order valence-corrected chi connectivity index (χ1v) is 10.9. The molecule has 33 heavy (non-hydrogen) atoms. The maximum absolute atomic E-state index is 13.9. The van der Waals surface area contributed by atoms with Crippen LogP contribution in [0.15, 0.2) is 48.9 Å². The number of halogens is 3. The molecule has 2 aromatic heterocycles. The lowest BCUT2D eigenvalue weighted by Crippen LogP contribution is -2.09. The monoisotopic (exact) mass is 470 g/mol. The molecule has 0 radical (unpaired) electrons. The smallest absolute Gasteiger partial charge is 0.246 e. The van der Waals surface area contributed by atoms with Crippen molar-refractivity contribution in [1.29, 1.82) is 0 Å². The summed E-state index contributed by atoms with van der Waals surface area (Å²) in [6.45, 7) is 0.716. The highest BCUT2D eigenvalue weighted by molar-refractivity contribution is 6.29. The van der Waals surface area contributed by atoms with E-state index in [-0.39, 0.29) is 5.92 Å². The van der Waals surface area contributed by atoms with Crippen molar-refractivity contribution in [2.24, 2.45) is 0 Å². The predicted octanol–water partition coefficient (Wildman–Crippen LogP) is 5.46. The molecule has 3 heterocycles. The van der Waals surface area contributed by atoms with E-state index >= 15 is 0 Å². The third-order valence-corrected chi connectivity index (χ3v) is 5.93. The van der Waals surface area contributed by atoms with Crippen molar-refractivity contribution in [3.63, 3.8) is 0 Å². The summed E-state index contributed by atoms with van der Waals surface area (Å²) in [6.07, 6.45) is 5.98. The van der Waals surface area contributed by atoms with Crippen LogP contribution in [-0.2, 0) is 6.54 Å². The second-order valence-corrected chi connectivity index (χ2v) is 8.24. The van der Waals surface area contributed by atoms with E-state index in [2.05, 4.69) is 15.4 Å². The van der Waals surface area contributed by atoms with E-state index in [9.17, 15) is 8.78 Å². The Hall–Kier alpha value is -3.46. The van der Waals surface area contributed by atoms with Gasteiger partial charge in [0.15, 0.2) is 11.6 Å². The number of anilines is 2. The van der Waals surface area contributed by atoms with Crippen LogP contribution in [0.3, 0.4) is 0 Å². The summed E-state index contributed by atoms with van der Waals surface area (Å²) in [5.41, 5.74) is 2.22. The first-order chi connectivity index (χ1) is 16.0. The summed E-state index contributed by atoms with van der Waals surface area (Å²) >= 11 is 5.93. The summed E-state index contributed by atoms with van der Waals surface area (Å²) in [4.78, 5) is 8.74. The Kier molecular flexibility index (Phi) is 5.72. The number of methoxy groups -OCH3 is 1. The molecule has 1 aliphatic rings. The molecule has 1 N–H and O–H groups in total. The van der Waals surface area contributed by atoms with Gasteiger partial charge in [0, 0.05) is 30.4 Å². The van der Waals surface area contributed by atoms with E-state index in [1.807, 2.05) is 22.9 Å². The molecule has 5 rings (SSSR count). The van der Waals surface area contributed by atoms with Gasteiger partial charge in [-0.15, -0.1) is 5.10 Å². The number of benzene rings is 2. The third kappa shape index (κ3) is 4.28. The van der Waals surface area contributed by atoms with Crippen molar-refractivity contribution in [3.05, 3.63) is 77.1 Å². The highest BCUT2D eigenvalue weighted by atomic mass is 35.5. The van der Waals surface area contributed by atoms with Crippen molar-refractivity contribution in [2.75, 3.05) is 12.4 Å². The van der Waals surface area contributed by atoms with Crippen LogP contribution in [0.5, 0.6) is 5.75 Å². The summed E-state index contributed by atoms with van der Waals surface area (Å²) in [7, 11) is 1.59. The quantitative estimate of drug-likeness (QED) is 0.419. The molecule has 2 aromatic carbocycles. The van der Waals surface area contributed by atoms with Crippen LogP contribution in [0.1, 0.15) is 36.6 Å². The van der Waals surface area contributed by atoms with Gasteiger partial charge >= 0.3 is 0 Å². The molecular weight excluding hydrogens is 450 g/mol. The van der Waals surface area contributed by atoms with Crippen molar-refractivity contribution in [3.8, 4) is 11.4 Å². The predicted molar refractivity (Wildman–Crippen MR) is 120 cm³/mol. The molecule has 4 aromatic rings. The molecule has 0 amide bonds. The molecule has 1 aliphatic heterocycles. The van der Waals surface area contributed by atoms with Crippen molar-refractivity contribution in [2.45, 2.75) is 31.7 Å². The molecule has 170 valence electrons. The average molecular weight is 471 g/mol.